The van der Waals surface area contributed by atoms with E-state index < -0.39 is 0 Å². The Morgan fingerprint density at radius 1 is 1.54 bits per heavy atom. The molecule has 8 heteroatoms. The van der Waals surface area contributed by atoms with E-state index in [0.29, 0.717) is 6.61 Å². The fourth-order valence-corrected chi connectivity index (χ4v) is 3.26. The average Bonchev–Trinajstić information content (AvgIpc) is 3.23. The maximum Gasteiger partial charge on any atom is 0.194 e. The molecule has 1 aliphatic heterocycles. The first-order valence-electron chi connectivity index (χ1n) is 7.92. The zero-order valence-electron chi connectivity index (χ0n) is 14.0. The Balaban J connectivity index is 0.00000208. The Kier molecular flexibility index (Phi) is 7.50. The van der Waals surface area contributed by atoms with Gasteiger partial charge in [0.05, 0.1) is 25.9 Å². The second kappa shape index (κ2) is 9.38. The molecule has 1 aliphatic rings. The Morgan fingerprint density at radius 2 is 2.42 bits per heavy atom. The van der Waals surface area contributed by atoms with Crippen molar-refractivity contribution < 1.29 is 4.74 Å². The van der Waals surface area contributed by atoms with Gasteiger partial charge in [0.1, 0.15) is 6.10 Å². The highest BCUT2D eigenvalue weighted by Crippen LogP contribution is 2.21. The highest BCUT2D eigenvalue weighted by atomic mass is 127. The summed E-state index contributed by atoms with van der Waals surface area (Å²) < 4.78 is 7.72. The van der Waals surface area contributed by atoms with Crippen LogP contribution in [0.5, 0.6) is 0 Å². The number of halogens is 1. The second-order valence-electron chi connectivity index (χ2n) is 5.50. The normalized spacial score (nSPS) is 18.3. The van der Waals surface area contributed by atoms with Crippen LogP contribution in [0.25, 0.3) is 0 Å². The summed E-state index contributed by atoms with van der Waals surface area (Å²) in [5, 5.41) is 9.73. The fourth-order valence-electron chi connectivity index (χ4n) is 2.63. The van der Waals surface area contributed by atoms with Gasteiger partial charge in [-0.1, -0.05) is 6.07 Å². The molecule has 0 aliphatic carbocycles. The molecule has 0 saturated carbocycles. The van der Waals surface area contributed by atoms with Gasteiger partial charge in [-0.05, 0) is 18.4 Å². The van der Waals surface area contributed by atoms with Crippen LogP contribution in [0.1, 0.15) is 23.5 Å². The smallest absolute Gasteiger partial charge is 0.194 e. The number of ether oxygens (including phenoxy) is 1. The van der Waals surface area contributed by atoms with E-state index >= 15 is 0 Å². The number of nitrogens with zero attached hydrogens (tertiary/aromatic N) is 4. The molecule has 6 nitrogen and oxygen atoms in total. The van der Waals surface area contributed by atoms with Crippen LogP contribution in [0, 0.1) is 0 Å². The monoisotopic (exact) mass is 461 g/mol. The quantitative estimate of drug-likeness (QED) is 0.432. The average molecular weight is 461 g/mol. The highest BCUT2D eigenvalue weighted by molar-refractivity contribution is 14.0. The lowest BCUT2D eigenvalue weighted by molar-refractivity contribution is -0.00805. The molecule has 1 unspecified atom stereocenters. The molecule has 0 bridgehead atoms. The molecule has 3 heterocycles. The summed E-state index contributed by atoms with van der Waals surface area (Å²) in [7, 11) is 1.93. The number of hydrogen-bond acceptors (Lipinski definition) is 4. The highest BCUT2D eigenvalue weighted by Gasteiger charge is 2.25. The molecule has 2 aromatic rings. The number of hydrogen-bond donors (Lipinski definition) is 1. The van der Waals surface area contributed by atoms with Crippen molar-refractivity contribution in [1.82, 2.24) is 20.0 Å². The number of aliphatic imine (C=N–C) groups is 1. The lowest BCUT2D eigenvalue weighted by Crippen LogP contribution is -2.48. The topological polar surface area (TPSA) is 54.7 Å². The number of aromatic nitrogens is 2. The summed E-state index contributed by atoms with van der Waals surface area (Å²) in [4.78, 5) is 8.33. The van der Waals surface area contributed by atoms with Crippen molar-refractivity contribution in [1.29, 1.82) is 0 Å². The second-order valence-corrected chi connectivity index (χ2v) is 6.53. The van der Waals surface area contributed by atoms with Crippen molar-refractivity contribution in [3.8, 4) is 0 Å². The molecular formula is C16H24IN5OS. The molecule has 132 valence electrons. The Hall–Kier alpha value is -1.13. The van der Waals surface area contributed by atoms with Gasteiger partial charge in [0.25, 0.3) is 0 Å². The molecule has 0 amide bonds. The van der Waals surface area contributed by atoms with Crippen molar-refractivity contribution >= 4 is 41.3 Å². The number of rotatable bonds is 4. The Bertz CT molecular complexity index is 643. The maximum atomic E-state index is 5.91. The van der Waals surface area contributed by atoms with Crippen molar-refractivity contribution in [2.24, 2.45) is 12.0 Å². The van der Waals surface area contributed by atoms with Crippen LogP contribution in [0.3, 0.4) is 0 Å². The summed E-state index contributed by atoms with van der Waals surface area (Å²) in [5.74, 6) is 0.957. The first-order chi connectivity index (χ1) is 11.3. The molecular weight excluding hydrogens is 437 g/mol. The Morgan fingerprint density at radius 3 is 3.08 bits per heavy atom. The molecule has 0 radical (unpaired) electrons. The third-order valence-electron chi connectivity index (χ3n) is 3.76. The summed E-state index contributed by atoms with van der Waals surface area (Å²) >= 11 is 1.74. The molecule has 2 aromatic heterocycles. The lowest BCUT2D eigenvalue weighted by Gasteiger charge is -2.34. The minimum absolute atomic E-state index is 0. The van der Waals surface area contributed by atoms with Crippen molar-refractivity contribution in [3.63, 3.8) is 0 Å². The SMILES string of the molecule is CCNC(=NCc1cccs1)N1CCOC(c2cnn(C)c2)C1.I. The van der Waals surface area contributed by atoms with Crippen LogP contribution in [0.2, 0.25) is 0 Å². The van der Waals surface area contributed by atoms with Gasteiger partial charge in [0.15, 0.2) is 5.96 Å². The molecule has 1 atom stereocenters. The van der Waals surface area contributed by atoms with E-state index in [1.54, 1.807) is 11.3 Å². The minimum atomic E-state index is 0. The van der Waals surface area contributed by atoms with Crippen molar-refractivity contribution in [3.05, 3.63) is 40.3 Å². The van der Waals surface area contributed by atoms with Crippen LogP contribution in [-0.2, 0) is 18.3 Å². The van der Waals surface area contributed by atoms with Gasteiger partial charge >= 0.3 is 0 Å². The summed E-state index contributed by atoms with van der Waals surface area (Å²) in [6.45, 7) is 6.02. The first kappa shape index (κ1) is 19.2. The van der Waals surface area contributed by atoms with Crippen LogP contribution in [0.15, 0.2) is 34.9 Å². The van der Waals surface area contributed by atoms with Gasteiger partial charge in [-0.2, -0.15) is 5.10 Å². The molecule has 3 rings (SSSR count). The van der Waals surface area contributed by atoms with E-state index in [-0.39, 0.29) is 30.1 Å². The van der Waals surface area contributed by atoms with Gasteiger partial charge in [-0.25, -0.2) is 4.99 Å². The summed E-state index contributed by atoms with van der Waals surface area (Å²) in [5.41, 5.74) is 1.12. The lowest BCUT2D eigenvalue weighted by atomic mass is 10.1. The van der Waals surface area contributed by atoms with Crippen molar-refractivity contribution in [2.45, 2.75) is 19.6 Å². The maximum absolute atomic E-state index is 5.91. The summed E-state index contributed by atoms with van der Waals surface area (Å²) in [6, 6.07) is 4.19. The van der Waals surface area contributed by atoms with Crippen LogP contribution in [0.4, 0.5) is 0 Å². The number of aryl methyl sites for hydroxylation is 1. The zero-order valence-corrected chi connectivity index (χ0v) is 17.2. The van der Waals surface area contributed by atoms with Crippen LogP contribution >= 0.6 is 35.3 Å². The van der Waals surface area contributed by atoms with E-state index in [0.717, 1.165) is 37.7 Å². The van der Waals surface area contributed by atoms with Gasteiger partial charge in [-0.3, -0.25) is 4.68 Å². The van der Waals surface area contributed by atoms with Gasteiger partial charge < -0.3 is 15.0 Å². The molecule has 0 spiro atoms. The number of guanidine groups is 1. The largest absolute Gasteiger partial charge is 0.370 e. The molecule has 24 heavy (non-hydrogen) atoms. The van der Waals surface area contributed by atoms with Crippen molar-refractivity contribution in [2.75, 3.05) is 26.2 Å². The van der Waals surface area contributed by atoms with Crippen LogP contribution < -0.4 is 5.32 Å². The third kappa shape index (κ3) is 4.93. The third-order valence-corrected chi connectivity index (χ3v) is 4.62. The zero-order chi connectivity index (χ0) is 16.1. The molecule has 1 fully saturated rings. The fraction of sp³-hybridized carbons (Fsp3) is 0.500. The van der Waals surface area contributed by atoms with E-state index in [9.17, 15) is 0 Å². The Labute approximate surface area is 163 Å². The molecule has 0 aromatic carbocycles. The predicted molar refractivity (Wildman–Crippen MR) is 108 cm³/mol. The predicted octanol–water partition coefficient (Wildman–Crippen LogP) is 2.64. The van der Waals surface area contributed by atoms with E-state index in [4.69, 9.17) is 9.73 Å². The molecule has 1 saturated heterocycles. The first-order valence-corrected chi connectivity index (χ1v) is 8.80. The summed E-state index contributed by atoms with van der Waals surface area (Å²) in [6.07, 6.45) is 3.94. The standard InChI is InChI=1S/C16H23N5OS.HI/c1-3-17-16(18-10-14-5-4-8-23-14)21-6-7-22-15(12-21)13-9-19-20(2)11-13;/h4-5,8-9,11,15H,3,6-7,10,12H2,1-2H3,(H,17,18);1H. The number of thiophene rings is 1. The van der Waals surface area contributed by atoms with Gasteiger partial charge in [0, 0.05) is 36.8 Å². The number of nitrogens with one attached hydrogen (secondary N) is 1. The minimum Gasteiger partial charge on any atom is -0.370 e. The van der Waals surface area contributed by atoms with E-state index in [1.165, 1.54) is 4.88 Å². The number of morpholine rings is 1. The van der Waals surface area contributed by atoms with Crippen LogP contribution in [-0.4, -0.2) is 46.9 Å². The van der Waals surface area contributed by atoms with Gasteiger partial charge in [-0.15, -0.1) is 35.3 Å². The van der Waals surface area contributed by atoms with E-state index in [2.05, 4.69) is 39.8 Å². The molecule has 1 N–H and O–H groups in total. The van der Waals surface area contributed by atoms with E-state index in [1.807, 2.05) is 24.1 Å². The van der Waals surface area contributed by atoms with Gasteiger partial charge in [0.2, 0.25) is 0 Å².